The Morgan fingerprint density at radius 2 is 2.10 bits per heavy atom. The average Bonchev–Trinajstić information content (AvgIpc) is 2.74. The highest BCUT2D eigenvalue weighted by molar-refractivity contribution is 5.88. The third-order valence-corrected chi connectivity index (χ3v) is 2.87. The third-order valence-electron chi connectivity index (χ3n) is 2.87. The van der Waals surface area contributed by atoms with Crippen LogP contribution in [0, 0.1) is 0 Å². The number of urea groups is 1. The lowest BCUT2D eigenvalue weighted by Gasteiger charge is -2.06. The zero-order valence-corrected chi connectivity index (χ0v) is 12.7. The highest BCUT2D eigenvalue weighted by atomic mass is 16.2. The molecule has 0 spiro atoms. The SMILES string of the molecule is CC(C)=CCCC(C)=CCNC(=O)Nc1ccnn1C. The molecule has 110 valence electrons. The second-order valence-corrected chi connectivity index (χ2v) is 5.05. The van der Waals surface area contributed by atoms with Gasteiger partial charge in [0, 0.05) is 19.7 Å². The Labute approximate surface area is 120 Å². The van der Waals surface area contributed by atoms with E-state index in [-0.39, 0.29) is 6.03 Å². The lowest BCUT2D eigenvalue weighted by atomic mass is 10.1. The fraction of sp³-hybridized carbons (Fsp3) is 0.467. The molecule has 2 N–H and O–H groups in total. The van der Waals surface area contributed by atoms with Crippen molar-refractivity contribution in [1.29, 1.82) is 0 Å². The second-order valence-electron chi connectivity index (χ2n) is 5.05. The molecule has 0 atom stereocenters. The van der Waals surface area contributed by atoms with Crippen molar-refractivity contribution in [2.45, 2.75) is 33.6 Å². The van der Waals surface area contributed by atoms with Crippen molar-refractivity contribution in [3.8, 4) is 0 Å². The first-order chi connectivity index (χ1) is 9.49. The molecule has 0 saturated heterocycles. The topological polar surface area (TPSA) is 59.0 Å². The van der Waals surface area contributed by atoms with Crippen LogP contribution in [0.4, 0.5) is 10.6 Å². The van der Waals surface area contributed by atoms with E-state index < -0.39 is 0 Å². The maximum Gasteiger partial charge on any atom is 0.320 e. The van der Waals surface area contributed by atoms with Crippen LogP contribution >= 0.6 is 0 Å². The molecule has 0 radical (unpaired) electrons. The number of aryl methyl sites for hydroxylation is 1. The van der Waals surface area contributed by atoms with Gasteiger partial charge in [-0.1, -0.05) is 23.3 Å². The van der Waals surface area contributed by atoms with E-state index in [0.29, 0.717) is 12.4 Å². The number of hydrogen-bond donors (Lipinski definition) is 2. The van der Waals surface area contributed by atoms with Gasteiger partial charge in [-0.2, -0.15) is 5.10 Å². The molecule has 0 fully saturated rings. The molecule has 1 heterocycles. The van der Waals surface area contributed by atoms with Crippen molar-refractivity contribution in [3.63, 3.8) is 0 Å². The molecule has 0 bridgehead atoms. The molecular formula is C15H24N4O. The fourth-order valence-corrected chi connectivity index (χ4v) is 1.67. The van der Waals surface area contributed by atoms with Crippen LogP contribution in [0.5, 0.6) is 0 Å². The Morgan fingerprint density at radius 1 is 1.35 bits per heavy atom. The molecule has 1 aromatic heterocycles. The molecule has 5 heteroatoms. The summed E-state index contributed by atoms with van der Waals surface area (Å²) in [5, 5.41) is 9.51. The largest absolute Gasteiger partial charge is 0.334 e. The number of allylic oxidation sites excluding steroid dienone is 3. The van der Waals surface area contributed by atoms with Crippen LogP contribution in [0.1, 0.15) is 33.6 Å². The van der Waals surface area contributed by atoms with Gasteiger partial charge in [0.15, 0.2) is 0 Å². The lowest BCUT2D eigenvalue weighted by Crippen LogP contribution is -2.29. The highest BCUT2D eigenvalue weighted by Crippen LogP contribution is 2.06. The molecule has 0 unspecified atom stereocenters. The first-order valence-corrected chi connectivity index (χ1v) is 6.81. The second kappa shape index (κ2) is 8.19. The van der Waals surface area contributed by atoms with Crippen LogP contribution in [0.3, 0.4) is 0 Å². The Bertz CT molecular complexity index is 496. The van der Waals surface area contributed by atoms with Gasteiger partial charge in [-0.05, 0) is 33.6 Å². The van der Waals surface area contributed by atoms with Gasteiger partial charge in [-0.3, -0.25) is 10.00 Å². The van der Waals surface area contributed by atoms with Crippen molar-refractivity contribution in [3.05, 3.63) is 35.6 Å². The van der Waals surface area contributed by atoms with E-state index in [9.17, 15) is 4.79 Å². The van der Waals surface area contributed by atoms with E-state index in [2.05, 4.69) is 42.6 Å². The summed E-state index contributed by atoms with van der Waals surface area (Å²) < 4.78 is 1.61. The number of amides is 2. The minimum Gasteiger partial charge on any atom is -0.334 e. The summed E-state index contributed by atoms with van der Waals surface area (Å²) in [6.45, 7) is 6.82. The van der Waals surface area contributed by atoms with Crippen LogP contribution in [-0.2, 0) is 7.05 Å². The van der Waals surface area contributed by atoms with E-state index >= 15 is 0 Å². The van der Waals surface area contributed by atoms with Crippen LogP contribution < -0.4 is 10.6 Å². The molecule has 0 aliphatic carbocycles. The number of nitrogens with zero attached hydrogens (tertiary/aromatic N) is 2. The van der Waals surface area contributed by atoms with Crippen molar-refractivity contribution >= 4 is 11.8 Å². The van der Waals surface area contributed by atoms with Crippen molar-refractivity contribution in [1.82, 2.24) is 15.1 Å². The number of anilines is 1. The van der Waals surface area contributed by atoms with Crippen molar-refractivity contribution < 1.29 is 4.79 Å². The number of aromatic nitrogens is 2. The van der Waals surface area contributed by atoms with Gasteiger partial charge in [0.05, 0.1) is 6.20 Å². The van der Waals surface area contributed by atoms with E-state index in [1.807, 2.05) is 6.08 Å². The van der Waals surface area contributed by atoms with Crippen LogP contribution in [0.15, 0.2) is 35.6 Å². The fourth-order valence-electron chi connectivity index (χ4n) is 1.67. The standard InChI is InChI=1S/C15H24N4O/c1-12(2)6-5-7-13(3)8-10-16-15(20)18-14-9-11-17-19(14)4/h6,8-9,11H,5,7,10H2,1-4H3,(H2,16,18,20). The third kappa shape index (κ3) is 6.22. The Morgan fingerprint density at radius 3 is 2.70 bits per heavy atom. The molecule has 0 saturated carbocycles. The first kappa shape index (κ1) is 16.0. The van der Waals surface area contributed by atoms with Crippen LogP contribution in [-0.4, -0.2) is 22.4 Å². The molecular weight excluding hydrogens is 252 g/mol. The predicted molar refractivity (Wildman–Crippen MR) is 82.7 cm³/mol. The van der Waals surface area contributed by atoms with Gasteiger partial charge >= 0.3 is 6.03 Å². The molecule has 0 aliphatic rings. The smallest absolute Gasteiger partial charge is 0.320 e. The Hall–Kier alpha value is -2.04. The quantitative estimate of drug-likeness (QED) is 0.784. The summed E-state index contributed by atoms with van der Waals surface area (Å²) >= 11 is 0. The number of carbonyl (C=O) groups is 1. The predicted octanol–water partition coefficient (Wildman–Crippen LogP) is 3.23. The van der Waals surface area contributed by atoms with Crippen LogP contribution in [0.2, 0.25) is 0 Å². The van der Waals surface area contributed by atoms with E-state index in [1.54, 1.807) is 24.0 Å². The van der Waals surface area contributed by atoms with Gasteiger partial charge in [0.25, 0.3) is 0 Å². The molecule has 1 rings (SSSR count). The number of rotatable bonds is 6. The molecule has 0 aliphatic heterocycles. The monoisotopic (exact) mass is 276 g/mol. The summed E-state index contributed by atoms with van der Waals surface area (Å²) in [5.74, 6) is 0.673. The minimum atomic E-state index is -0.220. The summed E-state index contributed by atoms with van der Waals surface area (Å²) in [4.78, 5) is 11.6. The Balaban J connectivity index is 2.27. The summed E-state index contributed by atoms with van der Waals surface area (Å²) in [7, 11) is 1.78. The van der Waals surface area contributed by atoms with E-state index in [0.717, 1.165) is 12.8 Å². The number of nitrogens with one attached hydrogen (secondary N) is 2. The maximum absolute atomic E-state index is 11.6. The van der Waals surface area contributed by atoms with Gasteiger partial charge in [0.1, 0.15) is 5.82 Å². The molecule has 2 amide bonds. The summed E-state index contributed by atoms with van der Waals surface area (Å²) in [6.07, 6.45) is 7.98. The summed E-state index contributed by atoms with van der Waals surface area (Å²) in [5.41, 5.74) is 2.62. The van der Waals surface area contributed by atoms with Gasteiger partial charge in [0.2, 0.25) is 0 Å². The Kier molecular flexibility index (Phi) is 6.56. The molecule has 5 nitrogen and oxygen atoms in total. The maximum atomic E-state index is 11.6. The van der Waals surface area contributed by atoms with Crippen LogP contribution in [0.25, 0.3) is 0 Å². The first-order valence-electron chi connectivity index (χ1n) is 6.81. The number of hydrogen-bond acceptors (Lipinski definition) is 2. The van der Waals surface area contributed by atoms with Gasteiger partial charge in [-0.25, -0.2) is 4.79 Å². The zero-order valence-electron chi connectivity index (χ0n) is 12.7. The highest BCUT2D eigenvalue weighted by Gasteiger charge is 2.02. The normalized spacial score (nSPS) is 11.1. The van der Waals surface area contributed by atoms with Crippen molar-refractivity contribution in [2.75, 3.05) is 11.9 Å². The van der Waals surface area contributed by atoms with E-state index in [4.69, 9.17) is 0 Å². The number of carbonyl (C=O) groups excluding carboxylic acids is 1. The lowest BCUT2D eigenvalue weighted by molar-refractivity contribution is 0.253. The minimum absolute atomic E-state index is 0.220. The van der Waals surface area contributed by atoms with E-state index in [1.165, 1.54) is 11.1 Å². The summed E-state index contributed by atoms with van der Waals surface area (Å²) in [6, 6.07) is 1.53. The molecule has 1 aromatic rings. The van der Waals surface area contributed by atoms with Gasteiger partial charge < -0.3 is 5.32 Å². The van der Waals surface area contributed by atoms with Gasteiger partial charge in [-0.15, -0.1) is 0 Å². The van der Waals surface area contributed by atoms with Crippen molar-refractivity contribution in [2.24, 2.45) is 7.05 Å². The average molecular weight is 276 g/mol. The molecule has 0 aromatic carbocycles. The molecule has 20 heavy (non-hydrogen) atoms. The zero-order chi connectivity index (χ0) is 15.0.